The second-order valence-corrected chi connectivity index (χ2v) is 7.68. The number of fused-ring (bicyclic) bond motifs is 2. The number of rotatable bonds is 6. The zero-order valence-corrected chi connectivity index (χ0v) is 15.7. The minimum Gasteiger partial charge on any atom is -0.323 e. The highest BCUT2D eigenvalue weighted by molar-refractivity contribution is 7.22. The first-order valence-corrected chi connectivity index (χ1v) is 9.62. The van der Waals surface area contributed by atoms with Crippen LogP contribution in [0.15, 0.2) is 53.6 Å². The Morgan fingerprint density at radius 2 is 1.85 bits per heavy atom. The van der Waals surface area contributed by atoms with Crippen molar-refractivity contribution in [3.05, 3.63) is 54.4 Å². The quantitative estimate of drug-likeness (QED) is 0.381. The Balaban J connectivity index is 1.59. The second-order valence-electron chi connectivity index (χ2n) is 6.65. The van der Waals surface area contributed by atoms with Crippen molar-refractivity contribution in [1.29, 1.82) is 0 Å². The van der Waals surface area contributed by atoms with Gasteiger partial charge in [-0.2, -0.15) is 5.10 Å². The van der Waals surface area contributed by atoms with Gasteiger partial charge in [0.2, 0.25) is 5.13 Å². The molecular weight excluding hydrogens is 342 g/mol. The molecule has 0 aliphatic carbocycles. The molecule has 2 heterocycles. The molecule has 1 N–H and O–H groups in total. The molecule has 0 bridgehead atoms. The van der Waals surface area contributed by atoms with E-state index < -0.39 is 0 Å². The number of para-hydroxylation sites is 3. The third-order valence-electron chi connectivity index (χ3n) is 4.25. The molecule has 5 nitrogen and oxygen atoms in total. The Morgan fingerprint density at radius 3 is 2.65 bits per heavy atom. The molecule has 0 radical (unpaired) electrons. The molecule has 0 amide bonds. The van der Waals surface area contributed by atoms with Gasteiger partial charge in [0.25, 0.3) is 0 Å². The number of hydrazone groups is 1. The van der Waals surface area contributed by atoms with Gasteiger partial charge in [-0.1, -0.05) is 49.4 Å². The summed E-state index contributed by atoms with van der Waals surface area (Å²) in [7, 11) is 0. The van der Waals surface area contributed by atoms with Crippen LogP contribution in [0.2, 0.25) is 0 Å². The van der Waals surface area contributed by atoms with Crippen molar-refractivity contribution in [1.82, 2.24) is 14.5 Å². The number of benzene rings is 2. The van der Waals surface area contributed by atoms with Crippen molar-refractivity contribution < 1.29 is 0 Å². The van der Waals surface area contributed by atoms with Crippen LogP contribution in [0, 0.1) is 5.92 Å². The molecule has 26 heavy (non-hydrogen) atoms. The molecule has 0 unspecified atom stereocenters. The maximum absolute atomic E-state index is 4.72. The number of aryl methyl sites for hydroxylation is 1. The van der Waals surface area contributed by atoms with Crippen LogP contribution < -0.4 is 5.43 Å². The number of hydrogen-bond acceptors (Lipinski definition) is 5. The lowest BCUT2D eigenvalue weighted by molar-refractivity contribution is 0.521. The molecule has 132 valence electrons. The maximum Gasteiger partial charge on any atom is 0.204 e. The lowest BCUT2D eigenvalue weighted by Gasteiger charge is -2.08. The van der Waals surface area contributed by atoms with E-state index in [0.29, 0.717) is 5.92 Å². The maximum atomic E-state index is 4.72. The first-order chi connectivity index (χ1) is 12.7. The van der Waals surface area contributed by atoms with E-state index in [1.165, 1.54) is 0 Å². The smallest absolute Gasteiger partial charge is 0.204 e. The fourth-order valence-electron chi connectivity index (χ4n) is 2.88. The first-order valence-electron chi connectivity index (χ1n) is 8.80. The number of aromatic nitrogens is 3. The van der Waals surface area contributed by atoms with E-state index in [2.05, 4.69) is 52.1 Å². The molecule has 0 saturated heterocycles. The summed E-state index contributed by atoms with van der Waals surface area (Å²) in [4.78, 5) is 9.26. The number of imidazole rings is 1. The molecule has 0 saturated carbocycles. The van der Waals surface area contributed by atoms with Crippen LogP contribution in [0.3, 0.4) is 0 Å². The monoisotopic (exact) mass is 363 g/mol. The highest BCUT2D eigenvalue weighted by Crippen LogP contribution is 2.25. The van der Waals surface area contributed by atoms with E-state index in [9.17, 15) is 0 Å². The molecule has 0 atom stereocenters. The molecule has 4 aromatic rings. The van der Waals surface area contributed by atoms with E-state index in [0.717, 1.165) is 45.2 Å². The predicted molar refractivity (Wildman–Crippen MR) is 110 cm³/mol. The summed E-state index contributed by atoms with van der Waals surface area (Å²) in [5.41, 5.74) is 6.17. The third kappa shape index (κ3) is 3.46. The number of thiazole rings is 1. The van der Waals surface area contributed by atoms with Crippen molar-refractivity contribution in [2.24, 2.45) is 11.0 Å². The Morgan fingerprint density at radius 1 is 1.08 bits per heavy atom. The highest BCUT2D eigenvalue weighted by Gasteiger charge is 2.09. The van der Waals surface area contributed by atoms with E-state index in [4.69, 9.17) is 4.98 Å². The Bertz CT molecular complexity index is 1030. The molecular formula is C20H21N5S. The fourth-order valence-corrected chi connectivity index (χ4v) is 3.70. The highest BCUT2D eigenvalue weighted by atomic mass is 32.1. The van der Waals surface area contributed by atoms with Crippen LogP contribution in [0.1, 0.15) is 26.1 Å². The van der Waals surface area contributed by atoms with Crippen LogP contribution in [0.4, 0.5) is 5.13 Å². The Labute approximate surface area is 156 Å². The average Bonchev–Trinajstić information content (AvgIpc) is 3.20. The summed E-state index contributed by atoms with van der Waals surface area (Å²) in [6.07, 6.45) is 2.89. The van der Waals surface area contributed by atoms with Crippen LogP contribution >= 0.6 is 11.3 Å². The summed E-state index contributed by atoms with van der Waals surface area (Å²) in [6.45, 7) is 5.41. The minimum absolute atomic E-state index is 0.641. The zero-order valence-electron chi connectivity index (χ0n) is 14.9. The van der Waals surface area contributed by atoms with Crippen molar-refractivity contribution in [2.45, 2.75) is 26.8 Å². The molecule has 0 spiro atoms. The van der Waals surface area contributed by atoms with Crippen molar-refractivity contribution >= 4 is 43.9 Å². The van der Waals surface area contributed by atoms with Crippen molar-refractivity contribution in [3.63, 3.8) is 0 Å². The summed E-state index contributed by atoms with van der Waals surface area (Å²) >= 11 is 1.59. The van der Waals surface area contributed by atoms with Gasteiger partial charge in [0.05, 0.1) is 27.5 Å². The fraction of sp³-hybridized carbons (Fsp3) is 0.250. The van der Waals surface area contributed by atoms with Gasteiger partial charge in [-0.25, -0.2) is 9.97 Å². The Kier molecular flexibility index (Phi) is 4.67. The van der Waals surface area contributed by atoms with Crippen molar-refractivity contribution in [3.8, 4) is 0 Å². The molecule has 6 heteroatoms. The van der Waals surface area contributed by atoms with E-state index in [-0.39, 0.29) is 0 Å². The molecule has 2 aromatic carbocycles. The summed E-state index contributed by atoms with van der Waals surface area (Å²) < 4.78 is 3.38. The number of anilines is 1. The van der Waals surface area contributed by atoms with Gasteiger partial charge in [-0.15, -0.1) is 0 Å². The van der Waals surface area contributed by atoms with E-state index in [1.54, 1.807) is 17.6 Å². The van der Waals surface area contributed by atoms with Crippen LogP contribution in [-0.2, 0) is 6.54 Å². The first kappa shape index (κ1) is 16.7. The van der Waals surface area contributed by atoms with Crippen LogP contribution in [0.25, 0.3) is 21.3 Å². The van der Waals surface area contributed by atoms with Gasteiger partial charge >= 0.3 is 0 Å². The lowest BCUT2D eigenvalue weighted by Crippen LogP contribution is -2.06. The van der Waals surface area contributed by atoms with Gasteiger partial charge in [-0.3, -0.25) is 5.43 Å². The minimum atomic E-state index is 0.641. The Hall–Kier alpha value is -2.73. The molecule has 2 aromatic heterocycles. The van der Waals surface area contributed by atoms with Crippen LogP contribution in [-0.4, -0.2) is 20.7 Å². The molecule has 4 rings (SSSR count). The normalized spacial score (nSPS) is 12.0. The molecule has 0 aliphatic rings. The van der Waals surface area contributed by atoms with Gasteiger partial charge in [0.1, 0.15) is 0 Å². The lowest BCUT2D eigenvalue weighted by atomic mass is 10.1. The van der Waals surface area contributed by atoms with Gasteiger partial charge in [-0.05, 0) is 36.6 Å². The van der Waals surface area contributed by atoms with Crippen molar-refractivity contribution in [2.75, 3.05) is 5.43 Å². The number of hydrogen-bond donors (Lipinski definition) is 1. The topological polar surface area (TPSA) is 55.1 Å². The molecule has 0 fully saturated rings. The predicted octanol–water partition coefficient (Wildman–Crippen LogP) is 5.14. The number of nitrogens with one attached hydrogen (secondary N) is 1. The average molecular weight is 363 g/mol. The van der Waals surface area contributed by atoms with E-state index in [1.807, 2.05) is 30.3 Å². The molecule has 0 aliphatic heterocycles. The van der Waals surface area contributed by atoms with Gasteiger partial charge < -0.3 is 4.57 Å². The summed E-state index contributed by atoms with van der Waals surface area (Å²) in [6, 6.07) is 16.3. The number of nitrogens with zero attached hydrogens (tertiary/aromatic N) is 4. The zero-order chi connectivity index (χ0) is 17.9. The second kappa shape index (κ2) is 7.25. The van der Waals surface area contributed by atoms with Crippen LogP contribution in [0.5, 0.6) is 0 Å². The van der Waals surface area contributed by atoms with E-state index >= 15 is 0 Å². The summed E-state index contributed by atoms with van der Waals surface area (Å²) in [5, 5.41) is 5.16. The SMILES string of the molecule is CC(C)CCn1c(/C=N/Nc2nc3ccccc3s2)nc2ccccc21. The third-order valence-corrected chi connectivity index (χ3v) is 5.19. The summed E-state index contributed by atoms with van der Waals surface area (Å²) in [5.74, 6) is 1.50. The van der Waals surface area contributed by atoms with Gasteiger partial charge in [0.15, 0.2) is 5.82 Å². The standard InChI is InChI=1S/C20H21N5S/c1-14(2)11-12-25-17-9-5-3-7-15(17)22-19(25)13-21-24-20-23-16-8-4-6-10-18(16)26-20/h3-10,13-14H,11-12H2,1-2H3,(H,23,24)/b21-13+. The largest absolute Gasteiger partial charge is 0.323 e. The van der Waals surface area contributed by atoms with Gasteiger partial charge in [0, 0.05) is 6.54 Å².